The van der Waals surface area contributed by atoms with Crippen molar-refractivity contribution in [3.8, 4) is 0 Å². The van der Waals surface area contributed by atoms with Crippen LogP contribution in [0.25, 0.3) is 0 Å². The Morgan fingerprint density at radius 1 is 1.32 bits per heavy atom. The molecule has 22 heavy (non-hydrogen) atoms. The van der Waals surface area contributed by atoms with E-state index in [0.717, 1.165) is 32.5 Å². The largest absolute Gasteiger partial charge is 0.458 e. The fraction of sp³-hybridized carbons (Fsp3) is 0.882. The molecule has 0 aromatic heterocycles. The van der Waals surface area contributed by atoms with Crippen LogP contribution in [0.15, 0.2) is 0 Å². The van der Waals surface area contributed by atoms with E-state index in [-0.39, 0.29) is 36.0 Å². The van der Waals surface area contributed by atoms with E-state index in [0.29, 0.717) is 11.8 Å². The molecule has 2 aliphatic heterocycles. The quantitative estimate of drug-likeness (QED) is 0.739. The summed E-state index contributed by atoms with van der Waals surface area (Å²) in [6, 6.07) is 0. The molecule has 2 aliphatic carbocycles. The Balaban J connectivity index is 1.33. The van der Waals surface area contributed by atoms with Crippen molar-refractivity contribution in [2.75, 3.05) is 19.6 Å². The monoisotopic (exact) mass is 307 g/mol. The molecule has 4 fully saturated rings. The molecule has 6 atom stereocenters. The lowest BCUT2D eigenvalue weighted by Gasteiger charge is -2.30. The number of nitrogens with zero attached hydrogens (tertiary/aromatic N) is 1. The van der Waals surface area contributed by atoms with Gasteiger partial charge in [0.05, 0.1) is 11.8 Å². The number of hydrogen-bond donors (Lipinski definition) is 0. The molecule has 6 unspecified atom stereocenters. The van der Waals surface area contributed by atoms with Gasteiger partial charge >= 0.3 is 11.9 Å². The highest BCUT2D eigenvalue weighted by Crippen LogP contribution is 2.55. The summed E-state index contributed by atoms with van der Waals surface area (Å²) in [5.74, 6) is 0.408. The highest BCUT2D eigenvalue weighted by atomic mass is 16.6. The number of likely N-dealkylation sites (tertiary alicyclic amines) is 1. The van der Waals surface area contributed by atoms with Crippen LogP contribution in [0.1, 0.15) is 39.0 Å². The maximum Gasteiger partial charge on any atom is 0.310 e. The van der Waals surface area contributed by atoms with Crippen molar-refractivity contribution in [1.82, 2.24) is 4.90 Å². The second-order valence-corrected chi connectivity index (χ2v) is 7.57. The van der Waals surface area contributed by atoms with Gasteiger partial charge in [-0.3, -0.25) is 9.59 Å². The number of carbonyl (C=O) groups is 2. The topological polar surface area (TPSA) is 55.8 Å². The fourth-order valence-corrected chi connectivity index (χ4v) is 4.92. The van der Waals surface area contributed by atoms with E-state index in [1.807, 2.05) is 6.92 Å². The SMILES string of the molecule is CC(CN1CCCCC1)C(=O)OC1C2CC3C(=O)OC1C3C2. The van der Waals surface area contributed by atoms with E-state index in [9.17, 15) is 9.59 Å². The maximum atomic E-state index is 12.4. The molecule has 5 heteroatoms. The molecule has 0 amide bonds. The summed E-state index contributed by atoms with van der Waals surface area (Å²) < 4.78 is 11.2. The first-order valence-corrected chi connectivity index (χ1v) is 8.77. The van der Waals surface area contributed by atoms with Crippen molar-refractivity contribution < 1.29 is 19.1 Å². The lowest BCUT2D eigenvalue weighted by molar-refractivity contribution is -0.165. The predicted molar refractivity (Wildman–Crippen MR) is 78.9 cm³/mol. The smallest absolute Gasteiger partial charge is 0.310 e. The molecular weight excluding hydrogens is 282 g/mol. The maximum absolute atomic E-state index is 12.4. The third kappa shape index (κ3) is 2.34. The van der Waals surface area contributed by atoms with Crippen LogP contribution in [0.3, 0.4) is 0 Å². The molecule has 2 saturated heterocycles. The second-order valence-electron chi connectivity index (χ2n) is 7.57. The molecule has 0 aromatic carbocycles. The van der Waals surface area contributed by atoms with Crippen molar-refractivity contribution in [3.63, 3.8) is 0 Å². The van der Waals surface area contributed by atoms with Crippen LogP contribution in [-0.2, 0) is 19.1 Å². The summed E-state index contributed by atoms with van der Waals surface area (Å²) in [6.45, 7) is 4.92. The minimum atomic E-state index is -0.191. The number of fused-ring (bicyclic) bond motifs is 1. The molecule has 0 aromatic rings. The number of esters is 2. The van der Waals surface area contributed by atoms with Gasteiger partial charge in [-0.2, -0.15) is 0 Å². The van der Waals surface area contributed by atoms with Gasteiger partial charge in [-0.05, 0) is 38.8 Å². The third-order valence-electron chi connectivity index (χ3n) is 6.05. The molecular formula is C17H25NO4. The number of rotatable bonds is 4. The lowest BCUT2D eigenvalue weighted by atomic mass is 9.88. The van der Waals surface area contributed by atoms with Crippen LogP contribution >= 0.6 is 0 Å². The Kier molecular flexibility index (Phi) is 3.63. The Morgan fingerprint density at radius 3 is 2.86 bits per heavy atom. The molecule has 4 aliphatic rings. The molecule has 0 spiro atoms. The van der Waals surface area contributed by atoms with Gasteiger partial charge in [-0.25, -0.2) is 0 Å². The minimum Gasteiger partial charge on any atom is -0.458 e. The number of carbonyl (C=O) groups excluding carboxylic acids is 2. The first-order valence-electron chi connectivity index (χ1n) is 8.77. The van der Waals surface area contributed by atoms with E-state index in [2.05, 4.69) is 4.90 Å². The Bertz CT molecular complexity index is 473. The van der Waals surface area contributed by atoms with E-state index in [4.69, 9.17) is 9.47 Å². The summed E-state index contributed by atoms with van der Waals surface area (Å²) in [6.07, 6.45) is 5.24. The van der Waals surface area contributed by atoms with Crippen LogP contribution in [-0.4, -0.2) is 48.7 Å². The van der Waals surface area contributed by atoms with Gasteiger partial charge in [-0.1, -0.05) is 13.3 Å². The van der Waals surface area contributed by atoms with Gasteiger partial charge in [0.25, 0.3) is 0 Å². The van der Waals surface area contributed by atoms with Gasteiger partial charge in [0.15, 0.2) is 0 Å². The van der Waals surface area contributed by atoms with Gasteiger partial charge in [0.1, 0.15) is 12.2 Å². The fourth-order valence-electron chi connectivity index (χ4n) is 4.92. The zero-order valence-electron chi connectivity index (χ0n) is 13.2. The molecule has 0 radical (unpaired) electrons. The average Bonchev–Trinajstić information content (AvgIpc) is 3.13. The summed E-state index contributed by atoms with van der Waals surface area (Å²) in [4.78, 5) is 26.5. The van der Waals surface area contributed by atoms with Crippen LogP contribution in [0.2, 0.25) is 0 Å². The molecule has 2 heterocycles. The number of hydrogen-bond acceptors (Lipinski definition) is 5. The average molecular weight is 307 g/mol. The summed E-state index contributed by atoms with van der Waals surface area (Å²) in [5.41, 5.74) is 0. The highest BCUT2D eigenvalue weighted by Gasteiger charge is 2.63. The Hall–Kier alpha value is -1.10. The highest BCUT2D eigenvalue weighted by molar-refractivity contribution is 5.77. The van der Waals surface area contributed by atoms with Gasteiger partial charge in [0.2, 0.25) is 0 Å². The summed E-state index contributed by atoms with van der Waals surface area (Å²) in [5, 5.41) is 0. The van der Waals surface area contributed by atoms with E-state index >= 15 is 0 Å². The standard InChI is InChI=1S/C17H25NO4/c1-10(9-18-5-3-2-4-6-18)16(19)21-14-11-7-12-13(8-11)17(20)22-15(12)14/h10-15H,2-9H2,1H3. The van der Waals surface area contributed by atoms with E-state index in [1.165, 1.54) is 19.3 Å². The summed E-state index contributed by atoms with van der Waals surface area (Å²) in [7, 11) is 0. The molecule has 5 nitrogen and oxygen atoms in total. The lowest BCUT2D eigenvalue weighted by Crippen LogP contribution is -2.40. The Morgan fingerprint density at radius 2 is 2.09 bits per heavy atom. The molecule has 122 valence electrons. The first kappa shape index (κ1) is 14.5. The first-order chi connectivity index (χ1) is 10.6. The second kappa shape index (κ2) is 5.52. The number of ether oxygens (including phenoxy) is 2. The van der Waals surface area contributed by atoms with Crippen LogP contribution in [0.4, 0.5) is 0 Å². The predicted octanol–water partition coefficient (Wildman–Crippen LogP) is 1.60. The van der Waals surface area contributed by atoms with Crippen molar-refractivity contribution in [2.45, 2.75) is 51.2 Å². The molecule has 4 rings (SSSR count). The zero-order valence-corrected chi connectivity index (χ0v) is 13.2. The summed E-state index contributed by atoms with van der Waals surface area (Å²) >= 11 is 0. The van der Waals surface area contributed by atoms with Crippen molar-refractivity contribution in [3.05, 3.63) is 0 Å². The van der Waals surface area contributed by atoms with Gasteiger partial charge in [-0.15, -0.1) is 0 Å². The van der Waals surface area contributed by atoms with Crippen molar-refractivity contribution in [1.29, 1.82) is 0 Å². The van der Waals surface area contributed by atoms with E-state index in [1.54, 1.807) is 0 Å². The van der Waals surface area contributed by atoms with E-state index < -0.39 is 0 Å². The van der Waals surface area contributed by atoms with Crippen molar-refractivity contribution >= 4 is 11.9 Å². The van der Waals surface area contributed by atoms with Crippen LogP contribution < -0.4 is 0 Å². The third-order valence-corrected chi connectivity index (χ3v) is 6.05. The molecule has 2 bridgehead atoms. The van der Waals surface area contributed by atoms with Gasteiger partial charge in [0, 0.05) is 18.4 Å². The normalized spacial score (nSPS) is 41.5. The molecule has 2 saturated carbocycles. The van der Waals surface area contributed by atoms with Crippen molar-refractivity contribution in [2.24, 2.45) is 23.7 Å². The minimum absolute atomic E-state index is 0.0718. The zero-order chi connectivity index (χ0) is 15.3. The number of piperidine rings is 1. The Labute approximate surface area is 131 Å². The van der Waals surface area contributed by atoms with Crippen LogP contribution in [0, 0.1) is 23.7 Å². The molecule has 0 N–H and O–H groups in total. The van der Waals surface area contributed by atoms with Gasteiger partial charge < -0.3 is 14.4 Å². The van der Waals surface area contributed by atoms with Crippen LogP contribution in [0.5, 0.6) is 0 Å².